The molecule has 2 bridgehead atoms. The fourth-order valence-corrected chi connectivity index (χ4v) is 8.96. The first-order chi connectivity index (χ1) is 29.1. The largest absolute Gasteiger partial charge is 0.394 e. The molecule has 6 saturated heterocycles. The minimum atomic E-state index is -1.90. The number of nitrogens with one attached hydrogen (secondary N) is 2. The third-order valence-electron chi connectivity index (χ3n) is 11.4. The van der Waals surface area contributed by atoms with Crippen molar-refractivity contribution in [1.82, 2.24) is 10.6 Å². The lowest BCUT2D eigenvalue weighted by atomic mass is 9.85. The standard InChI is InChI=1S/C35H62N2O22S2/c38-6-15-20(42)23(45)27(49)31(56-15)53-10-35(11-54-32-28(50)24(46)21(43)16(7-39)57-32,12-55-33-29(51)25(47)22(44)17(8-40)58-33)37-34(60)36-13-61-9-18-14-4-2-1-3-5-52-30(59-18)26(48)19(14)41/h14-33,38-51H,1-13H2,(H2,36,37,60)/t14?,15?,16?,17?,18?,19?,20-,21-,22-,23-,24-,25-,26?,27?,28?,29?,30+,31+,32+,33+,35?/m0/s1. The van der Waals surface area contributed by atoms with E-state index in [1.165, 1.54) is 11.8 Å². The highest BCUT2D eigenvalue weighted by molar-refractivity contribution is 7.99. The first-order valence-corrected chi connectivity index (χ1v) is 21.7. The van der Waals surface area contributed by atoms with Crippen molar-refractivity contribution in [3.63, 3.8) is 0 Å². The van der Waals surface area contributed by atoms with Crippen molar-refractivity contribution in [2.75, 3.05) is 57.9 Å². The number of thiocarbonyl (C=S) groups is 1. The second kappa shape index (κ2) is 23.6. The molecule has 24 nitrogen and oxygen atoms in total. The summed E-state index contributed by atoms with van der Waals surface area (Å²) in [7, 11) is 0. The van der Waals surface area contributed by atoms with Crippen LogP contribution in [0.5, 0.6) is 0 Å². The molecule has 0 aromatic heterocycles. The van der Waals surface area contributed by atoms with E-state index in [9.17, 15) is 71.5 Å². The molecular formula is C35H62N2O22S2. The molecule has 61 heavy (non-hydrogen) atoms. The molecule has 0 radical (unpaired) electrons. The zero-order valence-electron chi connectivity index (χ0n) is 33.1. The van der Waals surface area contributed by atoms with Crippen molar-refractivity contribution in [2.24, 2.45) is 5.92 Å². The number of fused-ring (bicyclic) bond motifs is 7. The van der Waals surface area contributed by atoms with Gasteiger partial charge in [-0.15, -0.1) is 11.8 Å². The fourth-order valence-electron chi connectivity index (χ4n) is 7.65. The number of hydrogen-bond acceptors (Lipinski definition) is 24. The Morgan fingerprint density at radius 2 is 1.02 bits per heavy atom. The summed E-state index contributed by atoms with van der Waals surface area (Å²) < 4.78 is 46.0. The molecule has 6 heterocycles. The van der Waals surface area contributed by atoms with Crippen molar-refractivity contribution in [3.05, 3.63) is 0 Å². The average molecular weight is 927 g/mol. The van der Waals surface area contributed by atoms with Gasteiger partial charge >= 0.3 is 0 Å². The van der Waals surface area contributed by atoms with Crippen LogP contribution in [0.4, 0.5) is 0 Å². The maximum absolute atomic E-state index is 10.9. The summed E-state index contributed by atoms with van der Waals surface area (Å²) in [6.45, 7) is -4.14. The summed E-state index contributed by atoms with van der Waals surface area (Å²) in [5, 5.41) is 151. The van der Waals surface area contributed by atoms with Crippen molar-refractivity contribution < 1.29 is 109 Å². The van der Waals surface area contributed by atoms with Gasteiger partial charge in [-0.2, -0.15) is 0 Å². The number of aliphatic hydroxyl groups excluding tert-OH is 14. The van der Waals surface area contributed by atoms with Gasteiger partial charge in [-0.25, -0.2) is 0 Å². The highest BCUT2D eigenvalue weighted by Crippen LogP contribution is 2.34. The first-order valence-electron chi connectivity index (χ1n) is 20.1. The molecule has 16 N–H and O–H groups in total. The normalized spacial score (nSPS) is 44.6. The molecule has 6 aliphatic rings. The number of thioether (sulfide) groups is 1. The fraction of sp³-hybridized carbons (Fsp3) is 0.971. The van der Waals surface area contributed by atoms with Crippen molar-refractivity contribution in [2.45, 2.75) is 148 Å². The Morgan fingerprint density at radius 3 is 1.46 bits per heavy atom. The third-order valence-corrected chi connectivity index (χ3v) is 12.6. The molecular weight excluding hydrogens is 865 g/mol. The topological polar surface area (TPSA) is 381 Å². The maximum Gasteiger partial charge on any atom is 0.186 e. The third kappa shape index (κ3) is 12.5. The second-order valence-electron chi connectivity index (χ2n) is 15.9. The van der Waals surface area contributed by atoms with E-state index in [0.717, 1.165) is 19.3 Å². The van der Waals surface area contributed by atoms with E-state index >= 15 is 0 Å². The van der Waals surface area contributed by atoms with Crippen LogP contribution in [0.2, 0.25) is 0 Å². The van der Waals surface area contributed by atoms with E-state index in [-0.39, 0.29) is 16.9 Å². The van der Waals surface area contributed by atoms with Crippen LogP contribution in [0.25, 0.3) is 0 Å². The monoisotopic (exact) mass is 926 g/mol. The highest BCUT2D eigenvalue weighted by Gasteiger charge is 2.50. The number of aliphatic hydroxyl groups is 14. The Labute approximate surface area is 360 Å². The van der Waals surface area contributed by atoms with Crippen LogP contribution in [-0.4, -0.2) is 257 Å². The minimum Gasteiger partial charge on any atom is -0.394 e. The predicted molar refractivity (Wildman–Crippen MR) is 207 cm³/mol. The van der Waals surface area contributed by atoms with Gasteiger partial charge in [0.1, 0.15) is 84.9 Å². The molecule has 26 heteroatoms. The molecule has 0 aromatic rings. The lowest BCUT2D eigenvalue weighted by Crippen LogP contribution is -2.66. The van der Waals surface area contributed by atoms with Gasteiger partial charge in [-0.05, 0) is 25.1 Å². The van der Waals surface area contributed by atoms with Gasteiger partial charge in [-0.3, -0.25) is 0 Å². The van der Waals surface area contributed by atoms with Crippen LogP contribution < -0.4 is 10.6 Å². The van der Waals surface area contributed by atoms with E-state index in [2.05, 4.69) is 10.6 Å². The van der Waals surface area contributed by atoms with Gasteiger partial charge in [0, 0.05) is 18.3 Å². The molecule has 6 fully saturated rings. The number of ether oxygens (including phenoxy) is 8. The molecule has 0 aliphatic carbocycles. The quantitative estimate of drug-likeness (QED) is 0.0366. The number of rotatable bonds is 17. The van der Waals surface area contributed by atoms with Crippen LogP contribution in [0.3, 0.4) is 0 Å². The van der Waals surface area contributed by atoms with E-state index < -0.39 is 162 Å². The van der Waals surface area contributed by atoms with Crippen LogP contribution in [0.1, 0.15) is 25.7 Å². The Hall–Kier alpha value is -0.840. The van der Waals surface area contributed by atoms with E-state index in [1.807, 2.05) is 0 Å². The van der Waals surface area contributed by atoms with Crippen LogP contribution in [-0.2, 0) is 37.9 Å². The van der Waals surface area contributed by atoms with Gasteiger partial charge in [0.2, 0.25) is 0 Å². The van der Waals surface area contributed by atoms with Gasteiger partial charge in [0.25, 0.3) is 0 Å². The van der Waals surface area contributed by atoms with E-state index in [0.29, 0.717) is 18.8 Å². The molecule has 6 rings (SSSR count). The Kier molecular flexibility index (Phi) is 19.8. The maximum atomic E-state index is 10.9. The Bertz CT molecular complexity index is 1230. The molecule has 0 aromatic carbocycles. The lowest BCUT2D eigenvalue weighted by molar-refractivity contribution is -0.323. The summed E-state index contributed by atoms with van der Waals surface area (Å²) in [5.74, 6) is 0.0557. The summed E-state index contributed by atoms with van der Waals surface area (Å²) in [4.78, 5) is 0. The van der Waals surface area contributed by atoms with Crippen LogP contribution in [0.15, 0.2) is 0 Å². The molecule has 20 atom stereocenters. The summed E-state index contributed by atoms with van der Waals surface area (Å²) >= 11 is 6.95. The van der Waals surface area contributed by atoms with Gasteiger partial charge in [0.05, 0.1) is 57.7 Å². The second-order valence-corrected chi connectivity index (χ2v) is 17.3. The van der Waals surface area contributed by atoms with Gasteiger partial charge in [-0.1, -0.05) is 12.8 Å². The van der Waals surface area contributed by atoms with E-state index in [4.69, 9.17) is 50.1 Å². The Balaban J connectivity index is 1.36. The number of hydrogen-bond donors (Lipinski definition) is 16. The summed E-state index contributed by atoms with van der Waals surface area (Å²) in [6.07, 6.45) is -26.5. The van der Waals surface area contributed by atoms with Crippen molar-refractivity contribution >= 4 is 29.1 Å². The predicted octanol–water partition coefficient (Wildman–Crippen LogP) is -8.02. The molecule has 0 spiro atoms. The molecule has 0 saturated carbocycles. The Morgan fingerprint density at radius 1 is 0.557 bits per heavy atom. The highest BCUT2D eigenvalue weighted by atomic mass is 32.2. The SMILES string of the molecule is OCC1O[C@@H](OCC(CO[C@@H]2OC(CO)[C@H](O)[C@H](O)C2O)(CO[C@@H]2OC(CO)[C@H](O)[C@H](O)C2O)NC(=S)NCSCC2O[C@H]3OCCCCCC2C(O)C3O)C(O)[C@@H](O)[C@H]1O. The molecule has 0 amide bonds. The van der Waals surface area contributed by atoms with E-state index in [1.54, 1.807) is 0 Å². The molecule has 10 unspecified atom stereocenters. The summed E-state index contributed by atoms with van der Waals surface area (Å²) in [5.41, 5.74) is -1.90. The molecule has 356 valence electrons. The van der Waals surface area contributed by atoms with Crippen molar-refractivity contribution in [1.29, 1.82) is 0 Å². The van der Waals surface area contributed by atoms with Crippen LogP contribution in [0, 0.1) is 5.92 Å². The zero-order chi connectivity index (χ0) is 44.6. The lowest BCUT2D eigenvalue weighted by Gasteiger charge is -2.45. The smallest absolute Gasteiger partial charge is 0.186 e. The average Bonchev–Trinajstić information content (AvgIpc) is 3.25. The first kappa shape index (κ1) is 51.1. The summed E-state index contributed by atoms with van der Waals surface area (Å²) in [6, 6.07) is 0. The van der Waals surface area contributed by atoms with Crippen molar-refractivity contribution in [3.8, 4) is 0 Å². The zero-order valence-corrected chi connectivity index (χ0v) is 34.7. The van der Waals surface area contributed by atoms with Crippen LogP contribution >= 0.6 is 24.0 Å². The van der Waals surface area contributed by atoms with Gasteiger partial charge in [0.15, 0.2) is 30.3 Å². The minimum absolute atomic E-state index is 0.105. The molecule has 6 aliphatic heterocycles. The van der Waals surface area contributed by atoms with Gasteiger partial charge < -0.3 is 120 Å².